The van der Waals surface area contributed by atoms with Gasteiger partial charge in [-0.3, -0.25) is 4.79 Å². The van der Waals surface area contributed by atoms with E-state index in [1.807, 2.05) is 0 Å². The molecule has 1 fully saturated rings. The standard InChI is InChI=1S/C9H15NO3/c1-4-10-6(7(11)12)5-9(2,3)8(10)13/h6H,4-5H2,1-3H3,(H,11,12). The van der Waals surface area contributed by atoms with E-state index < -0.39 is 17.4 Å². The molecule has 4 nitrogen and oxygen atoms in total. The fraction of sp³-hybridized carbons (Fsp3) is 0.778. The smallest absolute Gasteiger partial charge is 0.326 e. The summed E-state index contributed by atoms with van der Waals surface area (Å²) in [6.45, 7) is 5.86. The monoisotopic (exact) mass is 185 g/mol. The Bertz CT molecular complexity index is 247. The maximum atomic E-state index is 11.6. The van der Waals surface area contributed by atoms with E-state index in [9.17, 15) is 9.59 Å². The molecule has 1 heterocycles. The molecule has 0 aromatic rings. The lowest BCUT2D eigenvalue weighted by Gasteiger charge is -2.19. The molecule has 13 heavy (non-hydrogen) atoms. The average molecular weight is 185 g/mol. The molecule has 1 rings (SSSR count). The van der Waals surface area contributed by atoms with Gasteiger partial charge in [-0.1, -0.05) is 13.8 Å². The van der Waals surface area contributed by atoms with Gasteiger partial charge >= 0.3 is 5.97 Å². The summed E-state index contributed by atoms with van der Waals surface area (Å²) in [6, 6.07) is -0.632. The Morgan fingerprint density at radius 1 is 1.69 bits per heavy atom. The first-order valence-corrected chi connectivity index (χ1v) is 4.44. The summed E-state index contributed by atoms with van der Waals surface area (Å²) in [4.78, 5) is 23.9. The van der Waals surface area contributed by atoms with Gasteiger partial charge in [0.1, 0.15) is 6.04 Å². The molecule has 0 spiro atoms. The molecule has 0 radical (unpaired) electrons. The number of likely N-dealkylation sites (N-methyl/N-ethyl adjacent to an activating group) is 1. The first-order chi connectivity index (χ1) is 5.90. The molecule has 4 heteroatoms. The molecule has 0 bridgehead atoms. The van der Waals surface area contributed by atoms with Crippen LogP contribution >= 0.6 is 0 Å². The van der Waals surface area contributed by atoms with Gasteiger partial charge in [-0.15, -0.1) is 0 Å². The van der Waals surface area contributed by atoms with E-state index in [-0.39, 0.29) is 5.91 Å². The third-order valence-electron chi connectivity index (χ3n) is 2.55. The molecule has 0 aliphatic carbocycles. The van der Waals surface area contributed by atoms with Crippen molar-refractivity contribution in [2.45, 2.75) is 33.2 Å². The van der Waals surface area contributed by atoms with Crippen LogP contribution in [0.5, 0.6) is 0 Å². The molecule has 1 aliphatic rings. The van der Waals surface area contributed by atoms with E-state index in [1.165, 1.54) is 4.90 Å². The highest BCUT2D eigenvalue weighted by Gasteiger charge is 2.47. The number of hydrogen-bond acceptors (Lipinski definition) is 2. The third kappa shape index (κ3) is 1.53. The van der Waals surface area contributed by atoms with Crippen molar-refractivity contribution in [2.75, 3.05) is 6.54 Å². The van der Waals surface area contributed by atoms with Crippen LogP contribution in [0.15, 0.2) is 0 Å². The van der Waals surface area contributed by atoms with Crippen LogP contribution in [0.25, 0.3) is 0 Å². The van der Waals surface area contributed by atoms with Crippen LogP contribution in [-0.2, 0) is 9.59 Å². The van der Waals surface area contributed by atoms with Gasteiger partial charge in [0.2, 0.25) is 5.91 Å². The van der Waals surface area contributed by atoms with Gasteiger partial charge in [0, 0.05) is 12.0 Å². The van der Waals surface area contributed by atoms with Gasteiger partial charge in [-0.05, 0) is 13.3 Å². The lowest BCUT2D eigenvalue weighted by molar-refractivity contribution is -0.146. The molecule has 1 saturated heterocycles. The molecule has 0 aromatic heterocycles. The molecule has 0 saturated carbocycles. The summed E-state index contributed by atoms with van der Waals surface area (Å²) >= 11 is 0. The summed E-state index contributed by atoms with van der Waals surface area (Å²) in [5, 5.41) is 8.87. The zero-order valence-electron chi connectivity index (χ0n) is 8.20. The van der Waals surface area contributed by atoms with Gasteiger partial charge in [0.25, 0.3) is 0 Å². The number of rotatable bonds is 2. The van der Waals surface area contributed by atoms with E-state index in [1.54, 1.807) is 20.8 Å². The minimum Gasteiger partial charge on any atom is -0.480 e. The topological polar surface area (TPSA) is 57.6 Å². The largest absolute Gasteiger partial charge is 0.480 e. The first-order valence-electron chi connectivity index (χ1n) is 4.44. The van der Waals surface area contributed by atoms with E-state index in [0.717, 1.165) is 0 Å². The maximum absolute atomic E-state index is 11.6. The number of carboxylic acids is 1. The number of carbonyl (C=O) groups is 2. The highest BCUT2D eigenvalue weighted by atomic mass is 16.4. The minimum atomic E-state index is -0.902. The minimum absolute atomic E-state index is 0.0533. The molecule has 0 aromatic carbocycles. The second kappa shape index (κ2) is 3.01. The molecule has 1 aliphatic heterocycles. The van der Waals surface area contributed by atoms with Crippen molar-refractivity contribution in [3.63, 3.8) is 0 Å². The maximum Gasteiger partial charge on any atom is 0.326 e. The molecular weight excluding hydrogens is 170 g/mol. The number of carbonyl (C=O) groups excluding carboxylic acids is 1. The molecule has 1 amide bonds. The zero-order chi connectivity index (χ0) is 10.2. The Kier molecular flexibility index (Phi) is 2.32. The second-order valence-corrected chi connectivity index (χ2v) is 4.03. The summed E-state index contributed by atoms with van der Waals surface area (Å²) < 4.78 is 0. The van der Waals surface area contributed by atoms with Crippen LogP contribution in [0.4, 0.5) is 0 Å². The highest BCUT2D eigenvalue weighted by Crippen LogP contribution is 2.35. The second-order valence-electron chi connectivity index (χ2n) is 4.03. The van der Waals surface area contributed by atoms with Gasteiger partial charge in [0.15, 0.2) is 0 Å². The van der Waals surface area contributed by atoms with Gasteiger partial charge in [-0.2, -0.15) is 0 Å². The number of nitrogens with zero attached hydrogens (tertiary/aromatic N) is 1. The van der Waals surface area contributed by atoms with Crippen molar-refractivity contribution < 1.29 is 14.7 Å². The van der Waals surface area contributed by atoms with Crippen LogP contribution < -0.4 is 0 Å². The number of aliphatic carboxylic acids is 1. The van der Waals surface area contributed by atoms with Crippen LogP contribution in [-0.4, -0.2) is 34.5 Å². The van der Waals surface area contributed by atoms with Crippen molar-refractivity contribution >= 4 is 11.9 Å². The van der Waals surface area contributed by atoms with Crippen molar-refractivity contribution in [1.82, 2.24) is 4.90 Å². The third-order valence-corrected chi connectivity index (χ3v) is 2.55. The van der Waals surface area contributed by atoms with Crippen molar-refractivity contribution in [2.24, 2.45) is 5.41 Å². The summed E-state index contributed by atoms with van der Waals surface area (Å²) in [5.41, 5.74) is -0.515. The van der Waals surface area contributed by atoms with Crippen molar-refractivity contribution in [3.8, 4) is 0 Å². The predicted molar refractivity (Wildman–Crippen MR) is 47.2 cm³/mol. The number of amides is 1. The van der Waals surface area contributed by atoms with Crippen molar-refractivity contribution in [1.29, 1.82) is 0 Å². The van der Waals surface area contributed by atoms with Gasteiger partial charge in [-0.25, -0.2) is 4.79 Å². The van der Waals surface area contributed by atoms with Gasteiger partial charge in [0.05, 0.1) is 0 Å². The summed E-state index contributed by atoms with van der Waals surface area (Å²) in [7, 11) is 0. The number of likely N-dealkylation sites (tertiary alicyclic amines) is 1. The van der Waals surface area contributed by atoms with Crippen LogP contribution in [0, 0.1) is 5.41 Å². The van der Waals surface area contributed by atoms with Crippen LogP contribution in [0.1, 0.15) is 27.2 Å². The Labute approximate surface area is 77.5 Å². The predicted octanol–water partition coefficient (Wildman–Crippen LogP) is 0.718. The molecule has 1 N–H and O–H groups in total. The van der Waals surface area contributed by atoms with Crippen LogP contribution in [0.2, 0.25) is 0 Å². The average Bonchev–Trinajstić information content (AvgIpc) is 2.24. The summed E-state index contributed by atoms with van der Waals surface area (Å²) in [6.07, 6.45) is 0.412. The molecular formula is C9H15NO3. The number of hydrogen-bond donors (Lipinski definition) is 1. The Morgan fingerprint density at radius 2 is 2.23 bits per heavy atom. The van der Waals surface area contributed by atoms with E-state index >= 15 is 0 Å². The lowest BCUT2D eigenvalue weighted by Crippen LogP contribution is -2.39. The van der Waals surface area contributed by atoms with Gasteiger partial charge < -0.3 is 10.0 Å². The van der Waals surface area contributed by atoms with Crippen LogP contribution in [0.3, 0.4) is 0 Å². The molecule has 74 valence electrons. The SMILES string of the molecule is CCN1C(=O)C(C)(C)CC1C(=O)O. The fourth-order valence-electron chi connectivity index (χ4n) is 1.80. The van der Waals surface area contributed by atoms with E-state index in [4.69, 9.17) is 5.11 Å². The first kappa shape index (κ1) is 10.0. The fourth-order valence-corrected chi connectivity index (χ4v) is 1.80. The van der Waals surface area contributed by atoms with E-state index in [2.05, 4.69) is 0 Å². The zero-order valence-corrected chi connectivity index (χ0v) is 8.20. The highest BCUT2D eigenvalue weighted by molar-refractivity contribution is 5.91. The lowest BCUT2D eigenvalue weighted by atomic mass is 9.90. The Morgan fingerprint density at radius 3 is 2.54 bits per heavy atom. The Hall–Kier alpha value is -1.06. The van der Waals surface area contributed by atoms with E-state index in [0.29, 0.717) is 13.0 Å². The number of carboxylic acid groups (broad SMARTS) is 1. The Balaban J connectivity index is 2.92. The normalized spacial score (nSPS) is 26.5. The molecule has 1 atom stereocenters. The van der Waals surface area contributed by atoms with Crippen molar-refractivity contribution in [3.05, 3.63) is 0 Å². The molecule has 1 unspecified atom stereocenters. The summed E-state index contributed by atoms with van der Waals surface area (Å²) in [5.74, 6) is -0.955. The quantitative estimate of drug-likeness (QED) is 0.689.